The van der Waals surface area contributed by atoms with E-state index in [0.717, 1.165) is 6.42 Å². The van der Waals surface area contributed by atoms with Crippen LogP contribution in [0.2, 0.25) is 5.02 Å². The number of rotatable bonds is 4. The lowest BCUT2D eigenvalue weighted by Crippen LogP contribution is -2.16. The van der Waals surface area contributed by atoms with Gasteiger partial charge in [0.1, 0.15) is 12.3 Å². The summed E-state index contributed by atoms with van der Waals surface area (Å²) in [6.07, 6.45) is 2.42. The highest BCUT2D eigenvalue weighted by Crippen LogP contribution is 2.38. The van der Waals surface area contributed by atoms with Gasteiger partial charge in [-0.3, -0.25) is 14.0 Å². The van der Waals surface area contributed by atoms with Crippen LogP contribution in [0.5, 0.6) is 11.5 Å². The molecule has 144 valence electrons. The van der Waals surface area contributed by atoms with Gasteiger partial charge in [-0.05, 0) is 29.8 Å². The zero-order valence-electron chi connectivity index (χ0n) is 14.9. The fourth-order valence-electron chi connectivity index (χ4n) is 2.94. The smallest absolute Gasteiger partial charge is 0.310 e. The van der Waals surface area contributed by atoms with Crippen molar-refractivity contribution in [3.8, 4) is 11.5 Å². The lowest BCUT2D eigenvalue weighted by Gasteiger charge is -2.11. The number of halogens is 1. The predicted octanol–water partition coefficient (Wildman–Crippen LogP) is 2.80. The van der Waals surface area contributed by atoms with Gasteiger partial charge in [-0.2, -0.15) is 0 Å². The Hall–Kier alpha value is -3.06. The second-order valence-corrected chi connectivity index (χ2v) is 6.71. The van der Waals surface area contributed by atoms with Crippen molar-refractivity contribution >= 4 is 23.2 Å². The molecule has 0 amide bonds. The molecule has 28 heavy (non-hydrogen) atoms. The lowest BCUT2D eigenvalue weighted by atomic mass is 10.1. The Bertz CT molecular complexity index is 1100. The van der Waals surface area contributed by atoms with Crippen LogP contribution in [0, 0.1) is 0 Å². The van der Waals surface area contributed by atoms with Gasteiger partial charge in [-0.25, -0.2) is 4.98 Å². The second kappa shape index (κ2) is 7.90. The number of esters is 1. The maximum absolute atomic E-state index is 12.2. The molecule has 0 bridgehead atoms. The van der Waals surface area contributed by atoms with Crippen molar-refractivity contribution in [2.75, 3.05) is 13.2 Å². The number of benzene rings is 1. The van der Waals surface area contributed by atoms with E-state index in [2.05, 4.69) is 4.98 Å². The van der Waals surface area contributed by atoms with Gasteiger partial charge in [0.15, 0.2) is 11.5 Å². The third kappa shape index (κ3) is 3.94. The number of carbonyl (C=O) groups is 1. The van der Waals surface area contributed by atoms with Crippen molar-refractivity contribution in [3.63, 3.8) is 0 Å². The fourth-order valence-corrected chi connectivity index (χ4v) is 3.22. The number of carbonyl (C=O) groups excluding carboxylic acids is 1. The number of fused-ring (bicyclic) bond motifs is 2. The van der Waals surface area contributed by atoms with Crippen LogP contribution in [0.3, 0.4) is 0 Å². The second-order valence-electron chi connectivity index (χ2n) is 6.31. The maximum Gasteiger partial charge on any atom is 0.310 e. The molecule has 0 saturated carbocycles. The van der Waals surface area contributed by atoms with Gasteiger partial charge in [-0.15, -0.1) is 0 Å². The summed E-state index contributed by atoms with van der Waals surface area (Å²) in [5, 5.41) is 0.395. The summed E-state index contributed by atoms with van der Waals surface area (Å²) >= 11 is 6.25. The van der Waals surface area contributed by atoms with Crippen LogP contribution in [0.15, 0.2) is 47.4 Å². The van der Waals surface area contributed by atoms with E-state index in [1.165, 1.54) is 10.5 Å². The minimum Gasteiger partial charge on any atom is -0.489 e. The molecule has 0 aliphatic carbocycles. The van der Waals surface area contributed by atoms with E-state index in [0.29, 0.717) is 46.6 Å². The van der Waals surface area contributed by atoms with Gasteiger partial charge in [0.05, 0.1) is 30.4 Å². The van der Waals surface area contributed by atoms with Crippen LogP contribution < -0.4 is 15.0 Å². The quantitative estimate of drug-likeness (QED) is 0.626. The molecule has 1 aromatic carbocycles. The molecule has 0 spiro atoms. The molecule has 0 N–H and O–H groups in total. The average Bonchev–Trinajstić information content (AvgIpc) is 2.92. The third-order valence-electron chi connectivity index (χ3n) is 4.22. The van der Waals surface area contributed by atoms with Gasteiger partial charge in [0.2, 0.25) is 0 Å². The van der Waals surface area contributed by atoms with Crippen molar-refractivity contribution in [3.05, 3.63) is 69.2 Å². The van der Waals surface area contributed by atoms with Crippen molar-refractivity contribution in [1.82, 2.24) is 9.38 Å². The van der Waals surface area contributed by atoms with Crippen LogP contribution in [0.4, 0.5) is 0 Å². The van der Waals surface area contributed by atoms with E-state index >= 15 is 0 Å². The lowest BCUT2D eigenvalue weighted by molar-refractivity contribution is -0.144. The molecule has 0 fully saturated rings. The Labute approximate surface area is 165 Å². The highest BCUT2D eigenvalue weighted by atomic mass is 35.5. The Morgan fingerprint density at radius 1 is 1.21 bits per heavy atom. The largest absolute Gasteiger partial charge is 0.489 e. The monoisotopic (exact) mass is 400 g/mol. The van der Waals surface area contributed by atoms with Gasteiger partial charge in [-0.1, -0.05) is 17.7 Å². The van der Waals surface area contributed by atoms with Crippen LogP contribution in [-0.2, 0) is 22.6 Å². The zero-order valence-corrected chi connectivity index (χ0v) is 15.6. The third-order valence-corrected chi connectivity index (χ3v) is 4.50. The van der Waals surface area contributed by atoms with Gasteiger partial charge < -0.3 is 14.2 Å². The minimum absolute atomic E-state index is 0.0168. The number of nitrogens with zero attached hydrogens (tertiary/aromatic N) is 2. The molecule has 3 aromatic rings. The summed E-state index contributed by atoms with van der Waals surface area (Å²) < 4.78 is 17.9. The van der Waals surface area contributed by atoms with Crippen LogP contribution in [0.25, 0.3) is 5.65 Å². The fraction of sp³-hybridized carbons (Fsp3) is 0.250. The molecule has 0 saturated heterocycles. The topological polar surface area (TPSA) is 79.1 Å². The molecular weight excluding hydrogens is 384 g/mol. The molecule has 0 atom stereocenters. The van der Waals surface area contributed by atoms with Crippen molar-refractivity contribution in [2.45, 2.75) is 19.4 Å². The maximum atomic E-state index is 12.2. The molecule has 4 rings (SSSR count). The minimum atomic E-state index is -0.458. The number of ether oxygens (including phenoxy) is 3. The first-order valence-electron chi connectivity index (χ1n) is 8.81. The van der Waals surface area contributed by atoms with Crippen molar-refractivity contribution in [1.29, 1.82) is 0 Å². The van der Waals surface area contributed by atoms with Gasteiger partial charge in [0, 0.05) is 18.7 Å². The summed E-state index contributed by atoms with van der Waals surface area (Å²) in [5.41, 5.74) is 1.31. The van der Waals surface area contributed by atoms with E-state index in [1.807, 2.05) is 0 Å². The molecule has 2 aromatic heterocycles. The van der Waals surface area contributed by atoms with Crippen LogP contribution >= 0.6 is 11.6 Å². The van der Waals surface area contributed by atoms with E-state index in [1.54, 1.807) is 36.5 Å². The van der Waals surface area contributed by atoms with Crippen molar-refractivity contribution < 1.29 is 19.0 Å². The average molecular weight is 401 g/mol. The highest BCUT2D eigenvalue weighted by molar-refractivity contribution is 6.32. The molecule has 1 aliphatic heterocycles. The number of hydrogen-bond acceptors (Lipinski definition) is 6. The first kappa shape index (κ1) is 18.3. The molecule has 7 nitrogen and oxygen atoms in total. The van der Waals surface area contributed by atoms with Gasteiger partial charge in [0.25, 0.3) is 5.56 Å². The Morgan fingerprint density at radius 3 is 2.96 bits per heavy atom. The number of hydrogen-bond donors (Lipinski definition) is 0. The molecule has 8 heteroatoms. The van der Waals surface area contributed by atoms with E-state index in [-0.39, 0.29) is 18.6 Å². The number of aromatic nitrogens is 2. The molecule has 1 aliphatic rings. The molecule has 3 heterocycles. The molecule has 0 radical (unpaired) electrons. The Morgan fingerprint density at radius 2 is 2.07 bits per heavy atom. The summed E-state index contributed by atoms with van der Waals surface area (Å²) in [5.74, 6) is 0.565. The Kier molecular flexibility index (Phi) is 5.16. The van der Waals surface area contributed by atoms with Crippen LogP contribution in [0.1, 0.15) is 17.7 Å². The summed E-state index contributed by atoms with van der Waals surface area (Å²) in [7, 11) is 0. The summed E-state index contributed by atoms with van der Waals surface area (Å²) in [6.45, 7) is 0.977. The SMILES string of the molecule is O=C(Cc1cc(Cl)c2c(c1)OCCCO2)OCc1cc(=O)n2ccccc2n1. The van der Waals surface area contributed by atoms with Crippen LogP contribution in [-0.4, -0.2) is 28.6 Å². The first-order valence-corrected chi connectivity index (χ1v) is 9.19. The first-order chi connectivity index (χ1) is 13.6. The molecule has 0 unspecified atom stereocenters. The van der Waals surface area contributed by atoms with E-state index in [4.69, 9.17) is 25.8 Å². The van der Waals surface area contributed by atoms with Crippen molar-refractivity contribution in [2.24, 2.45) is 0 Å². The number of pyridine rings is 1. The standard InChI is InChI=1S/C20H17ClN2O5/c21-15-8-13(9-16-20(15)27-7-3-6-26-16)10-19(25)28-12-14-11-18(24)23-5-2-1-4-17(23)22-14/h1-2,4-5,8-9,11H,3,6-7,10,12H2. The predicted molar refractivity (Wildman–Crippen MR) is 102 cm³/mol. The van der Waals surface area contributed by atoms with E-state index < -0.39 is 5.97 Å². The summed E-state index contributed by atoms with van der Waals surface area (Å²) in [4.78, 5) is 28.6. The van der Waals surface area contributed by atoms with Gasteiger partial charge >= 0.3 is 5.97 Å². The zero-order chi connectivity index (χ0) is 19.5. The Balaban J connectivity index is 1.44. The van der Waals surface area contributed by atoms with E-state index in [9.17, 15) is 9.59 Å². The summed E-state index contributed by atoms with van der Waals surface area (Å²) in [6, 6.07) is 9.99. The normalized spacial score (nSPS) is 13.2. The highest BCUT2D eigenvalue weighted by Gasteiger charge is 2.17. The molecular formula is C20H17ClN2O5.